The molecule has 1 heterocycles. The molecule has 0 bridgehead atoms. The van der Waals surface area contributed by atoms with E-state index in [2.05, 4.69) is 0 Å². The molecule has 0 aromatic carbocycles. The van der Waals surface area contributed by atoms with Crippen LogP contribution in [0.1, 0.15) is 32.1 Å². The van der Waals surface area contributed by atoms with E-state index in [-0.39, 0.29) is 29.2 Å². The summed E-state index contributed by atoms with van der Waals surface area (Å²) in [6.45, 7) is 0.428. The van der Waals surface area contributed by atoms with Crippen molar-refractivity contribution in [3.05, 3.63) is 12.2 Å². The van der Waals surface area contributed by atoms with Crippen LogP contribution in [0.5, 0.6) is 0 Å². The maximum Gasteiger partial charge on any atom is 0.233 e. The van der Waals surface area contributed by atoms with Crippen molar-refractivity contribution in [2.45, 2.75) is 37.6 Å². The van der Waals surface area contributed by atoms with E-state index < -0.39 is 0 Å². The molecule has 0 radical (unpaired) electrons. The number of allylic oxidation sites excluding steroid dienone is 2. The number of nitrogens with zero attached hydrogens (tertiary/aromatic N) is 1. The molecule has 2 amide bonds. The molecule has 2 fully saturated rings. The van der Waals surface area contributed by atoms with Crippen molar-refractivity contribution in [2.24, 2.45) is 17.6 Å². The van der Waals surface area contributed by atoms with Gasteiger partial charge >= 0.3 is 0 Å². The second-order valence-corrected chi connectivity index (χ2v) is 5.63. The Bertz CT molecular complexity index is 372. The molecule has 0 aromatic heterocycles. The van der Waals surface area contributed by atoms with E-state index >= 15 is 0 Å². The molecule has 2 aliphatic carbocycles. The van der Waals surface area contributed by atoms with Crippen LogP contribution in [-0.4, -0.2) is 28.8 Å². The van der Waals surface area contributed by atoms with Crippen molar-refractivity contribution in [3.8, 4) is 0 Å². The van der Waals surface area contributed by atoms with E-state index in [4.69, 9.17) is 5.73 Å². The molecular weight excluding hydrogens is 216 g/mol. The minimum atomic E-state index is -0.299. The Balaban J connectivity index is 1.78. The first-order valence-corrected chi connectivity index (χ1v) is 6.40. The van der Waals surface area contributed by atoms with Gasteiger partial charge in [-0.25, -0.2) is 0 Å². The lowest BCUT2D eigenvalue weighted by molar-refractivity contribution is -0.141. The largest absolute Gasteiger partial charge is 0.324 e. The lowest BCUT2D eigenvalue weighted by Crippen LogP contribution is -2.56. The molecule has 17 heavy (non-hydrogen) atoms. The van der Waals surface area contributed by atoms with Crippen molar-refractivity contribution < 1.29 is 9.59 Å². The van der Waals surface area contributed by atoms with Gasteiger partial charge in [0.2, 0.25) is 11.8 Å². The molecule has 3 rings (SSSR count). The molecule has 0 unspecified atom stereocenters. The van der Waals surface area contributed by atoms with Crippen LogP contribution in [-0.2, 0) is 9.59 Å². The van der Waals surface area contributed by atoms with Gasteiger partial charge in [-0.1, -0.05) is 12.2 Å². The second kappa shape index (κ2) is 3.67. The van der Waals surface area contributed by atoms with E-state index in [0.717, 1.165) is 19.3 Å². The molecule has 2 atom stereocenters. The van der Waals surface area contributed by atoms with Crippen LogP contribution in [0.25, 0.3) is 0 Å². The maximum atomic E-state index is 12.2. The first kappa shape index (κ1) is 11.0. The molecule has 92 valence electrons. The third-order valence-corrected chi connectivity index (χ3v) is 4.42. The fourth-order valence-corrected chi connectivity index (χ4v) is 3.13. The average molecular weight is 234 g/mol. The predicted molar refractivity (Wildman–Crippen MR) is 62.8 cm³/mol. The number of nitrogens with two attached hydrogens (primary N) is 1. The van der Waals surface area contributed by atoms with Crippen LogP contribution < -0.4 is 5.73 Å². The highest BCUT2D eigenvalue weighted by Gasteiger charge is 2.49. The number of carbonyl (C=O) groups is 2. The van der Waals surface area contributed by atoms with Crippen LogP contribution in [0, 0.1) is 11.8 Å². The quantitative estimate of drug-likeness (QED) is 0.568. The predicted octanol–water partition coefficient (Wildman–Crippen LogP) is 0.819. The Morgan fingerprint density at radius 1 is 1.18 bits per heavy atom. The van der Waals surface area contributed by atoms with Gasteiger partial charge in [0.25, 0.3) is 0 Å². The Morgan fingerprint density at radius 3 is 2.12 bits per heavy atom. The van der Waals surface area contributed by atoms with Crippen LogP contribution >= 0.6 is 0 Å². The van der Waals surface area contributed by atoms with E-state index in [0.29, 0.717) is 19.4 Å². The number of imide groups is 1. The van der Waals surface area contributed by atoms with Gasteiger partial charge in [-0.05, 0) is 32.1 Å². The summed E-state index contributed by atoms with van der Waals surface area (Å²) in [6, 6.07) is 0. The van der Waals surface area contributed by atoms with E-state index in [1.807, 2.05) is 12.2 Å². The molecule has 1 aliphatic heterocycles. The third kappa shape index (κ3) is 1.62. The standard InChI is InChI=1S/C13H18N2O2/c14-13(6-3-7-13)8-15-11(16)9-4-1-2-5-10(9)12(15)17/h1-2,9-10H,3-8,14H2/t9-,10+. The minimum Gasteiger partial charge on any atom is -0.324 e. The van der Waals surface area contributed by atoms with Crippen molar-refractivity contribution in [1.29, 1.82) is 0 Å². The maximum absolute atomic E-state index is 12.2. The average Bonchev–Trinajstić information content (AvgIpc) is 2.53. The topological polar surface area (TPSA) is 63.4 Å². The number of carbonyl (C=O) groups excluding carboxylic acids is 2. The highest BCUT2D eigenvalue weighted by molar-refractivity contribution is 6.05. The highest BCUT2D eigenvalue weighted by Crippen LogP contribution is 2.38. The summed E-state index contributed by atoms with van der Waals surface area (Å²) in [4.78, 5) is 25.8. The molecular formula is C13H18N2O2. The smallest absolute Gasteiger partial charge is 0.233 e. The van der Waals surface area contributed by atoms with E-state index in [1.54, 1.807) is 0 Å². The van der Waals surface area contributed by atoms with E-state index in [1.165, 1.54) is 4.90 Å². The molecule has 0 aromatic rings. The molecule has 1 saturated heterocycles. The fourth-order valence-electron chi connectivity index (χ4n) is 3.13. The zero-order valence-electron chi connectivity index (χ0n) is 9.89. The zero-order chi connectivity index (χ0) is 12.0. The number of rotatable bonds is 2. The monoisotopic (exact) mass is 234 g/mol. The van der Waals surface area contributed by atoms with Gasteiger partial charge in [0, 0.05) is 12.1 Å². The summed E-state index contributed by atoms with van der Waals surface area (Å²) in [5, 5.41) is 0. The van der Waals surface area contributed by atoms with Crippen molar-refractivity contribution >= 4 is 11.8 Å². The Kier molecular flexibility index (Phi) is 2.36. The summed E-state index contributed by atoms with van der Waals surface area (Å²) in [5.41, 5.74) is 5.84. The van der Waals surface area contributed by atoms with Crippen LogP contribution in [0.2, 0.25) is 0 Å². The lowest BCUT2D eigenvalue weighted by Gasteiger charge is -2.40. The Morgan fingerprint density at radius 2 is 1.71 bits per heavy atom. The summed E-state index contributed by atoms with van der Waals surface area (Å²) in [6.07, 6.45) is 8.41. The zero-order valence-corrected chi connectivity index (χ0v) is 9.89. The summed E-state index contributed by atoms with van der Waals surface area (Å²) < 4.78 is 0. The number of hydrogen-bond acceptors (Lipinski definition) is 3. The van der Waals surface area contributed by atoms with Crippen LogP contribution in [0.3, 0.4) is 0 Å². The number of hydrogen-bond donors (Lipinski definition) is 1. The number of amides is 2. The van der Waals surface area contributed by atoms with Crippen molar-refractivity contribution in [1.82, 2.24) is 4.90 Å². The molecule has 2 N–H and O–H groups in total. The second-order valence-electron chi connectivity index (χ2n) is 5.63. The third-order valence-electron chi connectivity index (χ3n) is 4.42. The minimum absolute atomic E-state index is 0.000995. The summed E-state index contributed by atoms with van der Waals surface area (Å²) in [7, 11) is 0. The van der Waals surface area contributed by atoms with Gasteiger partial charge in [-0.3, -0.25) is 14.5 Å². The van der Waals surface area contributed by atoms with Crippen molar-refractivity contribution in [2.75, 3.05) is 6.54 Å². The highest BCUT2D eigenvalue weighted by atomic mass is 16.2. The molecule has 0 spiro atoms. The fraction of sp³-hybridized carbons (Fsp3) is 0.692. The molecule has 4 nitrogen and oxygen atoms in total. The molecule has 3 aliphatic rings. The van der Waals surface area contributed by atoms with E-state index in [9.17, 15) is 9.59 Å². The van der Waals surface area contributed by atoms with Crippen LogP contribution in [0.15, 0.2) is 12.2 Å². The summed E-state index contributed by atoms with van der Waals surface area (Å²) >= 11 is 0. The van der Waals surface area contributed by atoms with Gasteiger partial charge < -0.3 is 5.73 Å². The summed E-state index contributed by atoms with van der Waals surface area (Å²) in [5.74, 6) is -0.227. The normalized spacial score (nSPS) is 34.8. The lowest BCUT2D eigenvalue weighted by atomic mass is 9.77. The van der Waals surface area contributed by atoms with Crippen molar-refractivity contribution in [3.63, 3.8) is 0 Å². The number of fused-ring (bicyclic) bond motifs is 1. The van der Waals surface area contributed by atoms with Gasteiger partial charge in [-0.2, -0.15) is 0 Å². The Labute approximate surface area is 101 Å². The Hall–Kier alpha value is -1.16. The van der Waals surface area contributed by atoms with Gasteiger partial charge in [0.15, 0.2) is 0 Å². The number of likely N-dealkylation sites (tertiary alicyclic amines) is 1. The molecule has 4 heteroatoms. The van der Waals surface area contributed by atoms with Gasteiger partial charge in [0.05, 0.1) is 11.8 Å². The first-order chi connectivity index (χ1) is 8.11. The van der Waals surface area contributed by atoms with Gasteiger partial charge in [-0.15, -0.1) is 0 Å². The SMILES string of the molecule is NC1(CN2C(=O)[C@H]3CC=CC[C@H]3C2=O)CCC1. The molecule has 1 saturated carbocycles. The van der Waals surface area contributed by atoms with Crippen LogP contribution in [0.4, 0.5) is 0 Å². The first-order valence-electron chi connectivity index (χ1n) is 6.40. The van der Waals surface area contributed by atoms with Gasteiger partial charge in [0.1, 0.15) is 0 Å².